The Balaban J connectivity index is 2.30. The summed E-state index contributed by atoms with van der Waals surface area (Å²) in [6.45, 7) is 14.8. The van der Waals surface area contributed by atoms with Gasteiger partial charge in [0, 0.05) is 18.9 Å². The zero-order chi connectivity index (χ0) is 35.6. The van der Waals surface area contributed by atoms with Gasteiger partial charge in [0.05, 0.1) is 5.56 Å². The van der Waals surface area contributed by atoms with E-state index in [1.807, 2.05) is 27.7 Å². The van der Waals surface area contributed by atoms with Gasteiger partial charge in [0.1, 0.15) is 24.2 Å². The lowest BCUT2D eigenvalue weighted by Crippen LogP contribution is -2.60. The summed E-state index contributed by atoms with van der Waals surface area (Å²) in [4.78, 5) is 83.5. The van der Waals surface area contributed by atoms with Gasteiger partial charge in [-0.15, -0.1) is 13.2 Å². The molecule has 1 aliphatic rings. The summed E-state index contributed by atoms with van der Waals surface area (Å²) in [6, 6.07) is -0.891. The highest BCUT2D eigenvalue weighted by Crippen LogP contribution is 2.27. The summed E-state index contributed by atoms with van der Waals surface area (Å²) in [5, 5.41) is 13.6. The SMILES string of the molecule is C=CCNC(=O)C(=O)C(CC=C)NC(=O)[C@H](CC1CCCCC1)NC(=O)[C@@H](NC(=O)[C@H](CC(C)C)NC(=O)c1cccnc1)[C@H](C)CC. The van der Waals surface area contributed by atoms with Gasteiger partial charge in [-0.25, -0.2) is 0 Å². The van der Waals surface area contributed by atoms with Crippen LogP contribution in [0.1, 0.15) is 95.8 Å². The van der Waals surface area contributed by atoms with Crippen LogP contribution in [0.15, 0.2) is 49.8 Å². The summed E-state index contributed by atoms with van der Waals surface area (Å²) in [5.41, 5.74) is 0.304. The molecule has 1 saturated carbocycles. The van der Waals surface area contributed by atoms with Crippen LogP contribution in [0.3, 0.4) is 0 Å². The van der Waals surface area contributed by atoms with Crippen molar-refractivity contribution in [1.82, 2.24) is 31.6 Å². The van der Waals surface area contributed by atoms with Crippen molar-refractivity contribution in [2.24, 2.45) is 17.8 Å². The highest BCUT2D eigenvalue weighted by molar-refractivity contribution is 6.38. The zero-order valence-electron chi connectivity index (χ0n) is 28.9. The molecule has 0 spiro atoms. The van der Waals surface area contributed by atoms with E-state index in [9.17, 15) is 28.8 Å². The summed E-state index contributed by atoms with van der Waals surface area (Å²) in [5.74, 6) is -3.90. The Morgan fingerprint density at radius 3 is 2.12 bits per heavy atom. The molecule has 5 amide bonds. The van der Waals surface area contributed by atoms with Gasteiger partial charge in [-0.3, -0.25) is 33.8 Å². The zero-order valence-corrected chi connectivity index (χ0v) is 28.9. The van der Waals surface area contributed by atoms with E-state index in [2.05, 4.69) is 44.7 Å². The number of nitrogens with zero attached hydrogens (tertiary/aromatic N) is 1. The molecule has 1 aromatic heterocycles. The van der Waals surface area contributed by atoms with E-state index in [1.165, 1.54) is 18.3 Å². The molecule has 5 N–H and O–H groups in total. The number of pyridine rings is 1. The van der Waals surface area contributed by atoms with Gasteiger partial charge in [-0.1, -0.05) is 78.4 Å². The first-order valence-corrected chi connectivity index (χ1v) is 17.1. The summed E-state index contributed by atoms with van der Waals surface area (Å²) in [7, 11) is 0. The summed E-state index contributed by atoms with van der Waals surface area (Å²) in [6.07, 6.45) is 12.0. The van der Waals surface area contributed by atoms with Gasteiger partial charge in [0.25, 0.3) is 11.8 Å². The normalized spacial score (nSPS) is 16.3. The van der Waals surface area contributed by atoms with Crippen LogP contribution in [0.4, 0.5) is 0 Å². The molecular weight excluding hydrogens is 612 g/mol. The quantitative estimate of drug-likeness (QED) is 0.105. The molecule has 0 bridgehead atoms. The third-order valence-electron chi connectivity index (χ3n) is 8.64. The Bertz CT molecular complexity index is 1260. The van der Waals surface area contributed by atoms with E-state index in [0.717, 1.165) is 32.1 Å². The Morgan fingerprint density at radius 2 is 1.54 bits per heavy atom. The number of carbonyl (C=O) groups is 6. The Kier molecular flexibility index (Phi) is 17.3. The lowest BCUT2D eigenvalue weighted by atomic mass is 9.84. The highest BCUT2D eigenvalue weighted by atomic mass is 16.2. The maximum absolute atomic E-state index is 13.9. The molecular formula is C36H54N6O6. The molecule has 48 heavy (non-hydrogen) atoms. The van der Waals surface area contributed by atoms with Crippen molar-refractivity contribution in [1.29, 1.82) is 0 Å². The number of rotatable bonds is 20. The van der Waals surface area contributed by atoms with Gasteiger partial charge in [0.2, 0.25) is 23.5 Å². The van der Waals surface area contributed by atoms with Crippen LogP contribution < -0.4 is 26.6 Å². The molecule has 5 atom stereocenters. The van der Waals surface area contributed by atoms with Crippen molar-refractivity contribution in [2.45, 2.75) is 110 Å². The van der Waals surface area contributed by atoms with E-state index >= 15 is 0 Å². The summed E-state index contributed by atoms with van der Waals surface area (Å²) >= 11 is 0. The third kappa shape index (κ3) is 13.0. The van der Waals surface area contributed by atoms with Gasteiger partial charge in [-0.05, 0) is 49.1 Å². The Labute approximate surface area is 284 Å². The van der Waals surface area contributed by atoms with Crippen LogP contribution in [-0.4, -0.2) is 71.0 Å². The standard InChI is InChI=1S/C36H54N6O6/c1-7-14-27(31(43)36(48)38-18-8-2)39-33(45)29(21-25-15-11-10-12-16-25)41-35(47)30(24(6)9-3)42-34(46)28(20-23(4)5)40-32(44)26-17-13-19-37-22-26/h7-8,13,17,19,22-25,27-30H,1-2,9-12,14-16,18,20-21H2,3-6H3,(H,38,48)(H,39,45)(H,40,44)(H,41,47)(H,42,46)/t24-,27?,28+,29+,30+/m1/s1. The van der Waals surface area contributed by atoms with E-state index < -0.39 is 59.5 Å². The molecule has 264 valence electrons. The molecule has 1 aromatic rings. The van der Waals surface area contributed by atoms with Gasteiger partial charge >= 0.3 is 0 Å². The first-order chi connectivity index (χ1) is 22.9. The minimum absolute atomic E-state index is 0.0176. The fraction of sp³-hybridized carbons (Fsp3) is 0.583. The third-order valence-corrected chi connectivity index (χ3v) is 8.64. The number of nitrogens with one attached hydrogen (secondary N) is 5. The fourth-order valence-corrected chi connectivity index (χ4v) is 5.73. The number of carbonyl (C=O) groups excluding carboxylic acids is 6. The van der Waals surface area contributed by atoms with E-state index in [-0.39, 0.29) is 30.7 Å². The van der Waals surface area contributed by atoms with Crippen LogP contribution >= 0.6 is 0 Å². The molecule has 1 aliphatic carbocycles. The fourth-order valence-electron chi connectivity index (χ4n) is 5.73. The lowest BCUT2D eigenvalue weighted by molar-refractivity contribution is -0.140. The maximum Gasteiger partial charge on any atom is 0.289 e. The minimum Gasteiger partial charge on any atom is -0.346 e. The van der Waals surface area contributed by atoms with Crippen molar-refractivity contribution in [2.75, 3.05) is 6.54 Å². The van der Waals surface area contributed by atoms with Crippen LogP contribution in [0.25, 0.3) is 0 Å². The number of amides is 5. The topological polar surface area (TPSA) is 175 Å². The minimum atomic E-state index is -1.17. The lowest BCUT2D eigenvalue weighted by Gasteiger charge is -2.31. The van der Waals surface area contributed by atoms with E-state index in [4.69, 9.17) is 0 Å². The predicted octanol–water partition coefficient (Wildman–Crippen LogP) is 3.14. The van der Waals surface area contributed by atoms with Crippen molar-refractivity contribution in [3.63, 3.8) is 0 Å². The first-order valence-electron chi connectivity index (χ1n) is 17.1. The second-order valence-corrected chi connectivity index (χ2v) is 13.0. The largest absolute Gasteiger partial charge is 0.346 e. The van der Waals surface area contributed by atoms with Crippen molar-refractivity contribution in [3.8, 4) is 0 Å². The van der Waals surface area contributed by atoms with Gasteiger partial charge < -0.3 is 26.6 Å². The number of aromatic nitrogens is 1. The number of hydrogen-bond donors (Lipinski definition) is 5. The molecule has 12 nitrogen and oxygen atoms in total. The van der Waals surface area contributed by atoms with E-state index in [0.29, 0.717) is 24.8 Å². The molecule has 2 rings (SSSR count). The smallest absolute Gasteiger partial charge is 0.289 e. The predicted molar refractivity (Wildman–Crippen MR) is 184 cm³/mol. The number of ketones is 1. The van der Waals surface area contributed by atoms with Crippen LogP contribution in [0, 0.1) is 17.8 Å². The average Bonchev–Trinajstić information content (AvgIpc) is 3.08. The summed E-state index contributed by atoms with van der Waals surface area (Å²) < 4.78 is 0. The van der Waals surface area contributed by atoms with Crippen molar-refractivity contribution < 1.29 is 28.8 Å². The van der Waals surface area contributed by atoms with Crippen LogP contribution in [0.2, 0.25) is 0 Å². The molecule has 1 fully saturated rings. The first kappa shape index (κ1) is 39.8. The molecule has 1 heterocycles. The van der Waals surface area contributed by atoms with Gasteiger partial charge in [-0.2, -0.15) is 0 Å². The maximum atomic E-state index is 13.9. The molecule has 0 aromatic carbocycles. The molecule has 12 heteroatoms. The molecule has 1 unspecified atom stereocenters. The molecule has 0 aliphatic heterocycles. The molecule has 0 saturated heterocycles. The Morgan fingerprint density at radius 1 is 0.875 bits per heavy atom. The highest BCUT2D eigenvalue weighted by Gasteiger charge is 2.35. The number of hydrogen-bond acceptors (Lipinski definition) is 7. The van der Waals surface area contributed by atoms with E-state index in [1.54, 1.807) is 18.3 Å². The second-order valence-electron chi connectivity index (χ2n) is 13.0. The number of Topliss-reactive ketones (excluding diaryl/α,β-unsaturated/α-hetero) is 1. The van der Waals surface area contributed by atoms with Crippen LogP contribution in [0.5, 0.6) is 0 Å². The monoisotopic (exact) mass is 666 g/mol. The average molecular weight is 667 g/mol. The van der Waals surface area contributed by atoms with Crippen molar-refractivity contribution in [3.05, 3.63) is 55.4 Å². The van der Waals surface area contributed by atoms with Crippen LogP contribution in [-0.2, 0) is 24.0 Å². The molecule has 0 radical (unpaired) electrons. The second kappa shape index (κ2) is 20.8. The van der Waals surface area contributed by atoms with Crippen molar-refractivity contribution >= 4 is 35.3 Å². The van der Waals surface area contributed by atoms with Gasteiger partial charge in [0.15, 0.2) is 0 Å². The Hall–Kier alpha value is -4.35.